The number of nitrogens with zero attached hydrogens (tertiary/aromatic N) is 4. The Bertz CT molecular complexity index is 703. The van der Waals surface area contributed by atoms with Crippen LogP contribution in [0.4, 0.5) is 5.82 Å². The number of thioether (sulfide) groups is 1. The Balaban J connectivity index is 0.00000338. The van der Waals surface area contributed by atoms with Crippen molar-refractivity contribution in [2.24, 2.45) is 4.99 Å². The van der Waals surface area contributed by atoms with Gasteiger partial charge in [0.1, 0.15) is 5.82 Å². The van der Waals surface area contributed by atoms with Crippen molar-refractivity contribution in [3.8, 4) is 0 Å². The first-order valence-electron chi connectivity index (χ1n) is 8.20. The number of pyridine rings is 1. The molecule has 142 valence electrons. The van der Waals surface area contributed by atoms with E-state index in [4.69, 9.17) is 0 Å². The van der Waals surface area contributed by atoms with Crippen LogP contribution in [0.5, 0.6) is 0 Å². The van der Waals surface area contributed by atoms with E-state index in [1.54, 1.807) is 11.8 Å². The first-order valence-corrected chi connectivity index (χ1v) is 9.43. The first-order chi connectivity index (χ1) is 12.0. The van der Waals surface area contributed by atoms with Crippen LogP contribution in [-0.2, 0) is 13.1 Å². The number of benzene rings is 1. The molecule has 7 heteroatoms. The number of nitrogens with one attached hydrogen (secondary N) is 1. The van der Waals surface area contributed by atoms with Crippen molar-refractivity contribution in [3.05, 3.63) is 53.7 Å². The van der Waals surface area contributed by atoms with Crippen LogP contribution >= 0.6 is 35.7 Å². The third-order valence-corrected chi connectivity index (χ3v) is 4.61. The van der Waals surface area contributed by atoms with Crippen LogP contribution in [0.3, 0.4) is 0 Å². The standard InChI is InChI=1S/C19H27N5S.HI/c1-20-19(22-13-16-10-11-21-18(12-16)23(2)3)24(4)14-15-6-8-17(25-5)9-7-15;/h6-12H,13-14H2,1-5H3,(H,20,22);1H. The molecule has 1 aromatic heterocycles. The van der Waals surface area contributed by atoms with Gasteiger partial charge in [-0.3, -0.25) is 4.99 Å². The fourth-order valence-electron chi connectivity index (χ4n) is 2.46. The predicted molar refractivity (Wildman–Crippen MR) is 124 cm³/mol. The summed E-state index contributed by atoms with van der Waals surface area (Å²) >= 11 is 1.76. The summed E-state index contributed by atoms with van der Waals surface area (Å²) in [6.45, 7) is 1.53. The highest BCUT2D eigenvalue weighted by Gasteiger charge is 2.07. The maximum Gasteiger partial charge on any atom is 0.193 e. The molecule has 0 aliphatic rings. The number of hydrogen-bond acceptors (Lipinski definition) is 4. The molecule has 1 heterocycles. The van der Waals surface area contributed by atoms with E-state index in [9.17, 15) is 0 Å². The van der Waals surface area contributed by atoms with Crippen molar-refractivity contribution in [2.45, 2.75) is 18.0 Å². The number of halogens is 1. The molecule has 0 spiro atoms. The minimum Gasteiger partial charge on any atom is -0.363 e. The van der Waals surface area contributed by atoms with Crippen LogP contribution in [0.15, 0.2) is 52.5 Å². The molecular formula is C19H28IN5S. The van der Waals surface area contributed by atoms with E-state index in [-0.39, 0.29) is 24.0 Å². The van der Waals surface area contributed by atoms with E-state index in [0.29, 0.717) is 6.54 Å². The molecule has 0 bridgehead atoms. The fourth-order valence-corrected chi connectivity index (χ4v) is 2.87. The molecule has 0 aliphatic heterocycles. The smallest absolute Gasteiger partial charge is 0.193 e. The zero-order chi connectivity index (χ0) is 18.2. The van der Waals surface area contributed by atoms with Crippen molar-refractivity contribution in [1.29, 1.82) is 0 Å². The summed E-state index contributed by atoms with van der Waals surface area (Å²) in [5.74, 6) is 1.83. The van der Waals surface area contributed by atoms with Gasteiger partial charge in [0.15, 0.2) is 5.96 Å². The Morgan fingerprint density at radius 2 is 1.81 bits per heavy atom. The van der Waals surface area contributed by atoms with Crippen LogP contribution < -0.4 is 10.2 Å². The maximum absolute atomic E-state index is 4.39. The Hall–Kier alpha value is -1.48. The Morgan fingerprint density at radius 1 is 1.12 bits per heavy atom. The van der Waals surface area contributed by atoms with Gasteiger partial charge in [0.05, 0.1) is 0 Å². The summed E-state index contributed by atoms with van der Waals surface area (Å²) in [7, 11) is 7.85. The highest BCUT2D eigenvalue weighted by atomic mass is 127. The molecular weight excluding hydrogens is 457 g/mol. The van der Waals surface area contributed by atoms with Gasteiger partial charge < -0.3 is 15.1 Å². The topological polar surface area (TPSA) is 43.8 Å². The van der Waals surface area contributed by atoms with E-state index in [2.05, 4.69) is 63.8 Å². The summed E-state index contributed by atoms with van der Waals surface area (Å²) < 4.78 is 0. The van der Waals surface area contributed by atoms with Gasteiger partial charge in [0, 0.05) is 52.4 Å². The van der Waals surface area contributed by atoms with Crippen LogP contribution in [0.25, 0.3) is 0 Å². The molecule has 5 nitrogen and oxygen atoms in total. The second-order valence-electron chi connectivity index (χ2n) is 6.02. The number of aliphatic imine (C=N–C) groups is 1. The zero-order valence-corrected chi connectivity index (χ0v) is 19.2. The van der Waals surface area contributed by atoms with Gasteiger partial charge in [-0.1, -0.05) is 12.1 Å². The van der Waals surface area contributed by atoms with Crippen LogP contribution in [0.1, 0.15) is 11.1 Å². The van der Waals surface area contributed by atoms with Crippen LogP contribution in [0.2, 0.25) is 0 Å². The molecule has 0 saturated heterocycles. The summed E-state index contributed by atoms with van der Waals surface area (Å²) in [6, 6.07) is 12.8. The lowest BCUT2D eigenvalue weighted by molar-refractivity contribution is 0.476. The van der Waals surface area contributed by atoms with Gasteiger partial charge in [-0.25, -0.2) is 4.98 Å². The van der Waals surface area contributed by atoms with Crippen LogP contribution in [0, 0.1) is 0 Å². The number of aromatic nitrogens is 1. The van der Waals surface area contributed by atoms with E-state index >= 15 is 0 Å². The van der Waals surface area contributed by atoms with Gasteiger partial charge in [0.2, 0.25) is 0 Å². The lowest BCUT2D eigenvalue weighted by atomic mass is 10.2. The quantitative estimate of drug-likeness (QED) is 0.293. The summed E-state index contributed by atoms with van der Waals surface area (Å²) in [5, 5.41) is 3.42. The number of anilines is 1. The minimum absolute atomic E-state index is 0. The van der Waals surface area contributed by atoms with E-state index in [1.165, 1.54) is 16.0 Å². The highest BCUT2D eigenvalue weighted by Crippen LogP contribution is 2.15. The molecule has 0 fully saturated rings. The third kappa shape index (κ3) is 6.68. The molecule has 0 unspecified atom stereocenters. The van der Waals surface area contributed by atoms with Crippen molar-refractivity contribution >= 4 is 47.5 Å². The van der Waals surface area contributed by atoms with Gasteiger partial charge in [-0.2, -0.15) is 0 Å². The molecule has 1 aromatic carbocycles. The normalized spacial score (nSPS) is 10.9. The lowest BCUT2D eigenvalue weighted by Gasteiger charge is -2.22. The van der Waals surface area contributed by atoms with Crippen molar-refractivity contribution in [2.75, 3.05) is 39.3 Å². The summed E-state index contributed by atoms with van der Waals surface area (Å²) in [6.07, 6.45) is 3.93. The number of rotatable bonds is 6. The van der Waals surface area contributed by atoms with Gasteiger partial charge in [0.25, 0.3) is 0 Å². The maximum atomic E-state index is 4.39. The van der Waals surface area contributed by atoms with Gasteiger partial charge in [-0.05, 0) is 41.6 Å². The second-order valence-corrected chi connectivity index (χ2v) is 6.90. The number of hydrogen-bond donors (Lipinski definition) is 1. The minimum atomic E-state index is 0. The first kappa shape index (κ1) is 22.6. The Morgan fingerprint density at radius 3 is 2.38 bits per heavy atom. The third-order valence-electron chi connectivity index (χ3n) is 3.87. The molecule has 0 amide bonds. The van der Waals surface area contributed by atoms with Crippen LogP contribution in [-0.4, -0.2) is 50.3 Å². The number of guanidine groups is 1. The Kier molecular flexibility index (Phi) is 9.79. The van der Waals surface area contributed by atoms with E-state index in [0.717, 1.165) is 18.3 Å². The monoisotopic (exact) mass is 485 g/mol. The average Bonchev–Trinajstić information content (AvgIpc) is 2.63. The molecule has 1 N–H and O–H groups in total. The lowest BCUT2D eigenvalue weighted by Crippen LogP contribution is -2.38. The zero-order valence-electron chi connectivity index (χ0n) is 16.1. The van der Waals surface area contributed by atoms with Crippen molar-refractivity contribution in [1.82, 2.24) is 15.2 Å². The van der Waals surface area contributed by atoms with E-state index < -0.39 is 0 Å². The molecule has 2 aromatic rings. The summed E-state index contributed by atoms with van der Waals surface area (Å²) in [4.78, 5) is 14.1. The molecule has 0 saturated carbocycles. The molecule has 0 atom stereocenters. The average molecular weight is 485 g/mol. The Labute approximate surface area is 178 Å². The molecule has 0 radical (unpaired) electrons. The largest absolute Gasteiger partial charge is 0.363 e. The molecule has 0 aliphatic carbocycles. The fraction of sp³-hybridized carbons (Fsp3) is 0.368. The van der Waals surface area contributed by atoms with Crippen molar-refractivity contribution < 1.29 is 0 Å². The molecule has 26 heavy (non-hydrogen) atoms. The summed E-state index contributed by atoms with van der Waals surface area (Å²) in [5.41, 5.74) is 2.44. The van der Waals surface area contributed by atoms with Crippen molar-refractivity contribution in [3.63, 3.8) is 0 Å². The van der Waals surface area contributed by atoms with E-state index in [1.807, 2.05) is 38.3 Å². The second kappa shape index (κ2) is 11.3. The van der Waals surface area contributed by atoms with Gasteiger partial charge >= 0.3 is 0 Å². The highest BCUT2D eigenvalue weighted by molar-refractivity contribution is 14.0. The van der Waals surface area contributed by atoms with Gasteiger partial charge in [-0.15, -0.1) is 35.7 Å². The predicted octanol–water partition coefficient (Wildman–Crippen LogP) is 3.69. The SMILES string of the molecule is CN=C(NCc1ccnc(N(C)C)c1)N(C)Cc1ccc(SC)cc1.I. The molecule has 2 rings (SSSR count).